The third-order valence-electron chi connectivity index (χ3n) is 7.17. The van der Waals surface area contributed by atoms with E-state index in [9.17, 15) is 0 Å². The van der Waals surface area contributed by atoms with Crippen LogP contribution < -0.4 is 9.47 Å². The van der Waals surface area contributed by atoms with Crippen LogP contribution in [0.2, 0.25) is 0 Å². The first-order valence-corrected chi connectivity index (χ1v) is 11.5. The molecule has 0 heterocycles. The van der Waals surface area contributed by atoms with Crippen LogP contribution in [0, 0.1) is 0 Å². The SMILES string of the molecule is COc1c(OC)c2ccc3ccc4ccccc4c3c2c2c1ccc1ccc3ccccc3c12. The fraction of sp³-hybridized carbons (Fsp3) is 0.0625. The normalized spacial score (nSPS) is 11.8. The van der Waals surface area contributed by atoms with E-state index in [-0.39, 0.29) is 0 Å². The van der Waals surface area contributed by atoms with Gasteiger partial charge in [0.05, 0.1) is 14.2 Å². The molecule has 0 aliphatic rings. The van der Waals surface area contributed by atoms with Gasteiger partial charge in [-0.3, -0.25) is 0 Å². The van der Waals surface area contributed by atoms with E-state index in [1.165, 1.54) is 53.9 Å². The zero-order chi connectivity index (χ0) is 22.8. The molecule has 0 bridgehead atoms. The van der Waals surface area contributed by atoms with Crippen LogP contribution in [0.5, 0.6) is 11.5 Å². The quantitative estimate of drug-likeness (QED) is 0.252. The van der Waals surface area contributed by atoms with Crippen molar-refractivity contribution >= 4 is 64.6 Å². The molecule has 0 aliphatic heterocycles. The van der Waals surface area contributed by atoms with E-state index in [2.05, 4.69) is 97.1 Å². The van der Waals surface area contributed by atoms with Gasteiger partial charge in [0.15, 0.2) is 11.5 Å². The molecule has 0 fully saturated rings. The largest absolute Gasteiger partial charge is 0.492 e. The molecule has 2 nitrogen and oxygen atoms in total. The highest BCUT2D eigenvalue weighted by molar-refractivity contribution is 6.37. The number of ether oxygens (including phenoxy) is 2. The van der Waals surface area contributed by atoms with Gasteiger partial charge >= 0.3 is 0 Å². The summed E-state index contributed by atoms with van der Waals surface area (Å²) in [4.78, 5) is 0. The fourth-order valence-corrected chi connectivity index (χ4v) is 5.74. The summed E-state index contributed by atoms with van der Waals surface area (Å²) in [6.07, 6.45) is 0. The van der Waals surface area contributed by atoms with Crippen molar-refractivity contribution in [1.82, 2.24) is 0 Å². The number of hydrogen-bond donors (Lipinski definition) is 0. The molecule has 0 atom stereocenters. The van der Waals surface area contributed by atoms with Gasteiger partial charge in [0.1, 0.15) is 0 Å². The van der Waals surface area contributed by atoms with Crippen LogP contribution in [0.15, 0.2) is 97.1 Å². The minimum Gasteiger partial charge on any atom is -0.492 e. The van der Waals surface area contributed by atoms with E-state index >= 15 is 0 Å². The van der Waals surface area contributed by atoms with E-state index in [1.54, 1.807) is 14.2 Å². The first-order valence-electron chi connectivity index (χ1n) is 11.5. The zero-order valence-corrected chi connectivity index (χ0v) is 19.1. The lowest BCUT2D eigenvalue weighted by Gasteiger charge is -2.19. The Morgan fingerprint density at radius 2 is 0.735 bits per heavy atom. The monoisotopic (exact) mass is 438 g/mol. The molecule has 0 radical (unpaired) electrons. The molecule has 2 heteroatoms. The Bertz CT molecular complexity index is 1790. The molecule has 0 saturated carbocycles. The second-order valence-electron chi connectivity index (χ2n) is 8.81. The molecule has 7 aromatic rings. The summed E-state index contributed by atoms with van der Waals surface area (Å²) < 4.78 is 12.0. The number of rotatable bonds is 2. The predicted octanol–water partition coefficient (Wildman–Crippen LogP) is 8.62. The first-order chi connectivity index (χ1) is 16.8. The molecule has 34 heavy (non-hydrogen) atoms. The summed E-state index contributed by atoms with van der Waals surface area (Å²) in [6, 6.07) is 34.9. The zero-order valence-electron chi connectivity index (χ0n) is 19.1. The van der Waals surface area contributed by atoms with Crippen LogP contribution in [0.1, 0.15) is 0 Å². The summed E-state index contributed by atoms with van der Waals surface area (Å²) in [7, 11) is 3.46. The first kappa shape index (κ1) is 19.2. The van der Waals surface area contributed by atoms with Crippen LogP contribution in [0.4, 0.5) is 0 Å². The topological polar surface area (TPSA) is 18.5 Å². The van der Waals surface area contributed by atoms with Gasteiger partial charge in [-0.1, -0.05) is 84.9 Å². The lowest BCUT2D eigenvalue weighted by molar-refractivity contribution is 0.362. The predicted molar refractivity (Wildman–Crippen MR) is 145 cm³/mol. The molecular weight excluding hydrogens is 416 g/mol. The van der Waals surface area contributed by atoms with Gasteiger partial charge in [0.25, 0.3) is 0 Å². The van der Waals surface area contributed by atoms with E-state index in [0.717, 1.165) is 22.3 Å². The Kier molecular flexibility index (Phi) is 4.01. The van der Waals surface area contributed by atoms with E-state index < -0.39 is 0 Å². The molecule has 0 amide bonds. The summed E-state index contributed by atoms with van der Waals surface area (Å²) in [5.74, 6) is 1.55. The van der Waals surface area contributed by atoms with Crippen LogP contribution in [0.25, 0.3) is 64.6 Å². The van der Waals surface area contributed by atoms with Gasteiger partial charge < -0.3 is 9.47 Å². The Hall–Kier alpha value is -4.30. The summed E-state index contributed by atoms with van der Waals surface area (Å²) in [5.41, 5.74) is 0. The van der Waals surface area contributed by atoms with Crippen molar-refractivity contribution in [3.8, 4) is 11.5 Å². The molecule has 0 spiro atoms. The van der Waals surface area contributed by atoms with Gasteiger partial charge in [-0.15, -0.1) is 0 Å². The molecule has 0 aromatic heterocycles. The Morgan fingerprint density at radius 1 is 0.353 bits per heavy atom. The standard InChI is InChI=1S/C32H22O2/c1-33-31-25-17-15-21-13-11-19-7-3-5-9-23(19)27(21)29(25)30-26(32(31)34-2)18-16-22-14-12-20-8-4-6-10-24(20)28(22)30/h3-18H,1-2H3. The fourth-order valence-electron chi connectivity index (χ4n) is 5.74. The number of hydrogen-bond acceptors (Lipinski definition) is 2. The van der Waals surface area contributed by atoms with Crippen LogP contribution >= 0.6 is 0 Å². The maximum absolute atomic E-state index is 5.99. The minimum absolute atomic E-state index is 0.777. The van der Waals surface area contributed by atoms with Gasteiger partial charge in [-0.05, 0) is 55.2 Å². The van der Waals surface area contributed by atoms with Gasteiger partial charge in [-0.25, -0.2) is 0 Å². The number of benzene rings is 7. The highest BCUT2D eigenvalue weighted by atomic mass is 16.5. The summed E-state index contributed by atoms with van der Waals surface area (Å²) in [5, 5.41) is 14.5. The highest BCUT2D eigenvalue weighted by Gasteiger charge is 2.21. The maximum atomic E-state index is 5.99. The second kappa shape index (κ2) is 7.10. The molecule has 0 unspecified atom stereocenters. The summed E-state index contributed by atoms with van der Waals surface area (Å²) in [6.45, 7) is 0. The third-order valence-corrected chi connectivity index (χ3v) is 7.17. The van der Waals surface area contributed by atoms with Crippen LogP contribution in [0.3, 0.4) is 0 Å². The average Bonchev–Trinajstić information content (AvgIpc) is 2.90. The number of fused-ring (bicyclic) bond motifs is 11. The second-order valence-corrected chi connectivity index (χ2v) is 8.81. The highest BCUT2D eigenvalue weighted by Crippen LogP contribution is 2.49. The summed E-state index contributed by atoms with van der Waals surface area (Å²) >= 11 is 0. The molecule has 0 saturated heterocycles. The van der Waals surface area contributed by atoms with Gasteiger partial charge in [-0.2, -0.15) is 0 Å². The van der Waals surface area contributed by atoms with Crippen molar-refractivity contribution in [2.24, 2.45) is 0 Å². The minimum atomic E-state index is 0.777. The van der Waals surface area contributed by atoms with Crippen molar-refractivity contribution in [2.75, 3.05) is 14.2 Å². The molecule has 162 valence electrons. The van der Waals surface area contributed by atoms with Crippen molar-refractivity contribution in [3.63, 3.8) is 0 Å². The lowest BCUT2D eigenvalue weighted by Crippen LogP contribution is -1.95. The van der Waals surface area contributed by atoms with Crippen molar-refractivity contribution in [2.45, 2.75) is 0 Å². The molecule has 7 aromatic carbocycles. The molecule has 0 N–H and O–H groups in total. The number of methoxy groups -OCH3 is 2. The van der Waals surface area contributed by atoms with E-state index in [4.69, 9.17) is 9.47 Å². The smallest absolute Gasteiger partial charge is 0.169 e. The van der Waals surface area contributed by atoms with Crippen molar-refractivity contribution in [3.05, 3.63) is 97.1 Å². The Morgan fingerprint density at radius 3 is 1.18 bits per heavy atom. The molecular formula is C32H22O2. The van der Waals surface area contributed by atoms with Crippen molar-refractivity contribution in [1.29, 1.82) is 0 Å². The lowest BCUT2D eigenvalue weighted by atomic mass is 9.88. The average molecular weight is 439 g/mol. The van der Waals surface area contributed by atoms with Gasteiger partial charge in [0.2, 0.25) is 0 Å². The Balaban J connectivity index is 1.92. The molecule has 0 aliphatic carbocycles. The Labute approximate surface area is 196 Å². The third kappa shape index (κ3) is 2.45. The van der Waals surface area contributed by atoms with Crippen molar-refractivity contribution < 1.29 is 9.47 Å². The molecule has 7 rings (SSSR count). The van der Waals surface area contributed by atoms with Gasteiger partial charge in [0, 0.05) is 21.5 Å². The van der Waals surface area contributed by atoms with E-state index in [1.807, 2.05) is 0 Å². The van der Waals surface area contributed by atoms with Crippen LogP contribution in [-0.2, 0) is 0 Å². The van der Waals surface area contributed by atoms with E-state index in [0.29, 0.717) is 0 Å². The van der Waals surface area contributed by atoms with Crippen LogP contribution in [-0.4, -0.2) is 14.2 Å². The maximum Gasteiger partial charge on any atom is 0.169 e.